The zero-order valence-electron chi connectivity index (χ0n) is 28.1. The summed E-state index contributed by atoms with van der Waals surface area (Å²) in [5.74, 6) is 1.96. The van der Waals surface area contributed by atoms with E-state index in [-0.39, 0.29) is 10.8 Å². The van der Waals surface area contributed by atoms with E-state index in [0.29, 0.717) is 17.5 Å². The van der Waals surface area contributed by atoms with E-state index in [1.807, 2.05) is 60.7 Å². The highest BCUT2D eigenvalue weighted by Gasteiger charge is 2.46. The lowest BCUT2D eigenvalue weighted by Gasteiger charge is -2.48. The SMILES string of the molecule is CC1(C)c2ccccc2-c2cc3c4ccccc4n(-c4cccc(-c5nc(-c6ccccc6)nc(-c6ccccc6)n5)c4)c3cc2C1(C)C. The van der Waals surface area contributed by atoms with E-state index in [1.165, 1.54) is 44.1 Å². The van der Waals surface area contributed by atoms with Gasteiger partial charge in [0, 0.05) is 33.2 Å². The van der Waals surface area contributed by atoms with E-state index < -0.39 is 0 Å². The van der Waals surface area contributed by atoms with Crippen LogP contribution in [-0.4, -0.2) is 19.5 Å². The van der Waals surface area contributed by atoms with Crippen LogP contribution in [0.3, 0.4) is 0 Å². The molecule has 0 bridgehead atoms. The van der Waals surface area contributed by atoms with Crippen LogP contribution in [0.2, 0.25) is 0 Å². The highest BCUT2D eigenvalue weighted by molar-refractivity contribution is 6.11. The Morgan fingerprint density at radius 3 is 1.65 bits per heavy atom. The fraction of sp³-hybridized carbons (Fsp3) is 0.133. The van der Waals surface area contributed by atoms with Crippen LogP contribution in [0.5, 0.6) is 0 Å². The molecule has 0 N–H and O–H groups in total. The molecule has 0 spiro atoms. The molecule has 9 rings (SSSR count). The molecule has 2 aromatic heterocycles. The molecule has 1 aliphatic carbocycles. The van der Waals surface area contributed by atoms with Gasteiger partial charge in [-0.25, -0.2) is 15.0 Å². The first-order chi connectivity index (χ1) is 23.8. The van der Waals surface area contributed by atoms with Crippen molar-refractivity contribution in [2.45, 2.75) is 38.5 Å². The smallest absolute Gasteiger partial charge is 0.164 e. The topological polar surface area (TPSA) is 43.6 Å². The third kappa shape index (κ3) is 4.48. The van der Waals surface area contributed by atoms with Gasteiger partial charge in [-0.3, -0.25) is 0 Å². The molecule has 6 aromatic carbocycles. The normalized spacial score (nSPS) is 14.4. The van der Waals surface area contributed by atoms with Gasteiger partial charge in [0.05, 0.1) is 11.0 Å². The van der Waals surface area contributed by atoms with Crippen LogP contribution in [0.15, 0.2) is 146 Å². The Morgan fingerprint density at radius 1 is 0.408 bits per heavy atom. The second kappa shape index (κ2) is 10.8. The molecular weight excluding hydrogens is 597 g/mol. The fourth-order valence-corrected chi connectivity index (χ4v) is 7.69. The first-order valence-electron chi connectivity index (χ1n) is 17.0. The summed E-state index contributed by atoms with van der Waals surface area (Å²) in [5.41, 5.74) is 11.6. The maximum atomic E-state index is 5.03. The Kier molecular flexibility index (Phi) is 6.47. The molecule has 0 saturated carbocycles. The Hall–Kier alpha value is -5.87. The van der Waals surface area contributed by atoms with Crippen molar-refractivity contribution in [2.75, 3.05) is 0 Å². The molecule has 0 unspecified atom stereocenters. The van der Waals surface area contributed by atoms with E-state index >= 15 is 0 Å². The van der Waals surface area contributed by atoms with E-state index in [0.717, 1.165) is 22.4 Å². The first-order valence-corrected chi connectivity index (χ1v) is 17.0. The van der Waals surface area contributed by atoms with Crippen LogP contribution in [0, 0.1) is 0 Å². The monoisotopic (exact) mass is 632 g/mol. The van der Waals surface area contributed by atoms with Crippen LogP contribution in [-0.2, 0) is 10.8 Å². The van der Waals surface area contributed by atoms with Crippen LogP contribution in [0.1, 0.15) is 38.8 Å². The lowest BCUT2D eigenvalue weighted by Crippen LogP contribution is -2.43. The number of para-hydroxylation sites is 1. The Morgan fingerprint density at radius 2 is 0.959 bits per heavy atom. The lowest BCUT2D eigenvalue weighted by atomic mass is 9.55. The van der Waals surface area contributed by atoms with Crippen molar-refractivity contribution in [3.63, 3.8) is 0 Å². The van der Waals surface area contributed by atoms with E-state index in [9.17, 15) is 0 Å². The van der Waals surface area contributed by atoms with Crippen molar-refractivity contribution in [2.24, 2.45) is 0 Å². The van der Waals surface area contributed by atoms with Gasteiger partial charge in [-0.1, -0.05) is 143 Å². The molecule has 0 fully saturated rings. The largest absolute Gasteiger partial charge is 0.309 e. The number of nitrogens with zero attached hydrogens (tertiary/aromatic N) is 4. The van der Waals surface area contributed by atoms with Crippen molar-refractivity contribution in [3.05, 3.63) is 157 Å². The minimum Gasteiger partial charge on any atom is -0.309 e. The van der Waals surface area contributed by atoms with Gasteiger partial charge in [-0.2, -0.15) is 0 Å². The number of hydrogen-bond donors (Lipinski definition) is 0. The Balaban J connectivity index is 1.28. The summed E-state index contributed by atoms with van der Waals surface area (Å²) in [6, 6.07) is 51.5. The van der Waals surface area contributed by atoms with Gasteiger partial charge in [-0.05, 0) is 63.4 Å². The van der Waals surface area contributed by atoms with Gasteiger partial charge in [0.15, 0.2) is 17.5 Å². The van der Waals surface area contributed by atoms with E-state index in [1.54, 1.807) is 0 Å². The second-order valence-electron chi connectivity index (χ2n) is 14.2. The van der Waals surface area contributed by atoms with Crippen LogP contribution >= 0.6 is 0 Å². The molecule has 4 nitrogen and oxygen atoms in total. The molecule has 2 heterocycles. The molecule has 1 aliphatic rings. The fourth-order valence-electron chi connectivity index (χ4n) is 7.69. The summed E-state index contributed by atoms with van der Waals surface area (Å²) in [4.78, 5) is 15.0. The molecule has 4 heteroatoms. The first kappa shape index (κ1) is 29.3. The van der Waals surface area contributed by atoms with Gasteiger partial charge < -0.3 is 4.57 Å². The Bertz CT molecular complexity index is 2480. The summed E-state index contributed by atoms with van der Waals surface area (Å²) in [6.45, 7) is 9.58. The number of fused-ring (bicyclic) bond motifs is 6. The standard InChI is InChI=1S/C45H36N4/c1-44(2)37-24-13-11-22-33(37)35-27-36-34-23-12-14-25-39(34)49(40(36)28-38(35)45(44,3)4)32-21-15-20-31(26-32)43-47-41(29-16-7-5-8-17-29)46-42(48-43)30-18-9-6-10-19-30/h5-28H,1-4H3. The summed E-state index contributed by atoms with van der Waals surface area (Å²) < 4.78 is 2.41. The predicted octanol–water partition coefficient (Wildman–Crippen LogP) is 11.2. The van der Waals surface area contributed by atoms with Crippen LogP contribution in [0.25, 0.3) is 72.8 Å². The minimum atomic E-state index is -0.0967. The molecule has 0 radical (unpaired) electrons. The highest BCUT2D eigenvalue weighted by Crippen LogP contribution is 2.55. The van der Waals surface area contributed by atoms with Crippen LogP contribution in [0.4, 0.5) is 0 Å². The number of aromatic nitrogens is 4. The summed E-state index contributed by atoms with van der Waals surface area (Å²) in [5, 5.41) is 2.49. The van der Waals surface area contributed by atoms with Crippen molar-refractivity contribution >= 4 is 21.8 Å². The molecule has 0 amide bonds. The van der Waals surface area contributed by atoms with Gasteiger partial charge in [0.2, 0.25) is 0 Å². The van der Waals surface area contributed by atoms with Crippen molar-refractivity contribution in [1.82, 2.24) is 19.5 Å². The molecule has 0 atom stereocenters. The van der Waals surface area contributed by atoms with E-state index in [2.05, 4.69) is 117 Å². The van der Waals surface area contributed by atoms with Gasteiger partial charge >= 0.3 is 0 Å². The number of rotatable bonds is 4. The molecule has 8 aromatic rings. The molecule has 0 aliphatic heterocycles. The van der Waals surface area contributed by atoms with Crippen LogP contribution < -0.4 is 0 Å². The second-order valence-corrected chi connectivity index (χ2v) is 14.2. The third-order valence-corrected chi connectivity index (χ3v) is 11.0. The predicted molar refractivity (Wildman–Crippen MR) is 202 cm³/mol. The maximum absolute atomic E-state index is 5.03. The quantitative estimate of drug-likeness (QED) is 0.194. The number of benzene rings is 6. The maximum Gasteiger partial charge on any atom is 0.164 e. The summed E-state index contributed by atoms with van der Waals surface area (Å²) >= 11 is 0. The average molecular weight is 633 g/mol. The minimum absolute atomic E-state index is 0.0490. The third-order valence-electron chi connectivity index (χ3n) is 11.0. The Labute approximate surface area is 286 Å². The average Bonchev–Trinajstić information content (AvgIpc) is 3.48. The summed E-state index contributed by atoms with van der Waals surface area (Å²) in [6.07, 6.45) is 0. The van der Waals surface area contributed by atoms with Gasteiger partial charge in [0.1, 0.15) is 0 Å². The van der Waals surface area contributed by atoms with Gasteiger partial charge in [-0.15, -0.1) is 0 Å². The van der Waals surface area contributed by atoms with Crippen molar-refractivity contribution < 1.29 is 0 Å². The number of hydrogen-bond acceptors (Lipinski definition) is 3. The zero-order chi connectivity index (χ0) is 33.3. The zero-order valence-corrected chi connectivity index (χ0v) is 28.1. The molecule has 236 valence electrons. The highest BCUT2D eigenvalue weighted by atomic mass is 15.0. The molecular formula is C45H36N4. The van der Waals surface area contributed by atoms with Crippen molar-refractivity contribution in [1.29, 1.82) is 0 Å². The lowest BCUT2D eigenvalue weighted by molar-refractivity contribution is 0.299. The molecule has 0 saturated heterocycles. The van der Waals surface area contributed by atoms with E-state index in [4.69, 9.17) is 15.0 Å². The van der Waals surface area contributed by atoms with Gasteiger partial charge in [0.25, 0.3) is 0 Å². The van der Waals surface area contributed by atoms with Crippen molar-refractivity contribution in [3.8, 4) is 51.0 Å². The summed E-state index contributed by atoms with van der Waals surface area (Å²) in [7, 11) is 0. The molecule has 49 heavy (non-hydrogen) atoms.